The third-order valence-corrected chi connectivity index (χ3v) is 4.31. The second-order valence-corrected chi connectivity index (χ2v) is 6.13. The molecule has 1 aliphatic rings. The van der Waals surface area contributed by atoms with Crippen LogP contribution in [0.1, 0.15) is 24.6 Å². The highest BCUT2D eigenvalue weighted by atomic mass is 32.1. The number of piperidine rings is 1. The Morgan fingerprint density at radius 3 is 2.94 bits per heavy atom. The minimum absolute atomic E-state index is 0.146. The van der Waals surface area contributed by atoms with Gasteiger partial charge in [0, 0.05) is 11.4 Å². The fraction of sp³-hybridized carbons (Fsp3) is 0.615. The van der Waals surface area contributed by atoms with E-state index in [9.17, 15) is 4.79 Å². The second-order valence-electron chi connectivity index (χ2n) is 5.09. The van der Waals surface area contributed by atoms with Crippen molar-refractivity contribution in [2.45, 2.75) is 26.2 Å². The SMILES string of the molecule is CC1(CNC(=O)Cc2cccs2)CCNCC1. The van der Waals surface area contributed by atoms with Crippen molar-refractivity contribution in [3.63, 3.8) is 0 Å². The molecule has 1 saturated heterocycles. The molecule has 2 N–H and O–H groups in total. The molecule has 1 aromatic rings. The number of rotatable bonds is 4. The predicted molar refractivity (Wildman–Crippen MR) is 71.2 cm³/mol. The largest absolute Gasteiger partial charge is 0.355 e. The summed E-state index contributed by atoms with van der Waals surface area (Å²) in [5.41, 5.74) is 0.274. The number of carbonyl (C=O) groups is 1. The number of amides is 1. The molecule has 1 aliphatic heterocycles. The summed E-state index contributed by atoms with van der Waals surface area (Å²) in [6.07, 6.45) is 2.81. The summed E-state index contributed by atoms with van der Waals surface area (Å²) in [4.78, 5) is 12.9. The van der Waals surface area contributed by atoms with E-state index in [2.05, 4.69) is 17.6 Å². The smallest absolute Gasteiger partial charge is 0.225 e. The monoisotopic (exact) mass is 252 g/mol. The maximum Gasteiger partial charge on any atom is 0.225 e. The topological polar surface area (TPSA) is 41.1 Å². The molecule has 0 aromatic carbocycles. The molecule has 0 radical (unpaired) electrons. The number of carbonyl (C=O) groups excluding carboxylic acids is 1. The minimum Gasteiger partial charge on any atom is -0.355 e. The van der Waals surface area contributed by atoms with E-state index in [1.165, 1.54) is 0 Å². The molecule has 17 heavy (non-hydrogen) atoms. The normalized spacial score (nSPS) is 18.9. The van der Waals surface area contributed by atoms with Crippen molar-refractivity contribution in [1.82, 2.24) is 10.6 Å². The molecule has 2 heterocycles. The van der Waals surface area contributed by atoms with Gasteiger partial charge in [-0.25, -0.2) is 0 Å². The van der Waals surface area contributed by atoms with Crippen LogP contribution >= 0.6 is 11.3 Å². The first kappa shape index (κ1) is 12.6. The molecule has 4 heteroatoms. The van der Waals surface area contributed by atoms with Crippen molar-refractivity contribution in [1.29, 1.82) is 0 Å². The maximum absolute atomic E-state index is 11.8. The first-order valence-electron chi connectivity index (χ1n) is 6.18. The first-order valence-corrected chi connectivity index (χ1v) is 7.06. The fourth-order valence-electron chi connectivity index (χ4n) is 2.15. The number of nitrogens with one attached hydrogen (secondary N) is 2. The van der Waals surface area contributed by atoms with Crippen molar-refractivity contribution in [3.8, 4) is 0 Å². The quantitative estimate of drug-likeness (QED) is 0.858. The summed E-state index contributed by atoms with van der Waals surface area (Å²) in [7, 11) is 0. The lowest BCUT2D eigenvalue weighted by molar-refractivity contribution is -0.120. The molecular formula is C13H20N2OS. The van der Waals surface area contributed by atoms with Crippen LogP contribution in [0, 0.1) is 5.41 Å². The molecule has 1 aromatic heterocycles. The molecule has 2 rings (SSSR count). The Kier molecular flexibility index (Phi) is 4.18. The molecule has 94 valence electrons. The van der Waals surface area contributed by atoms with Crippen molar-refractivity contribution in [2.75, 3.05) is 19.6 Å². The van der Waals surface area contributed by atoms with Crippen LogP contribution in [0.2, 0.25) is 0 Å². The van der Waals surface area contributed by atoms with Crippen LogP contribution in [0.25, 0.3) is 0 Å². The molecule has 0 aliphatic carbocycles. The summed E-state index contributed by atoms with van der Waals surface area (Å²) in [6.45, 7) is 5.20. The van der Waals surface area contributed by atoms with Crippen LogP contribution in [0.3, 0.4) is 0 Å². The second kappa shape index (κ2) is 5.65. The van der Waals surface area contributed by atoms with Crippen molar-refractivity contribution >= 4 is 17.2 Å². The van der Waals surface area contributed by atoms with Gasteiger partial charge >= 0.3 is 0 Å². The van der Waals surface area contributed by atoms with Gasteiger partial charge in [-0.15, -0.1) is 11.3 Å². The predicted octanol–water partition coefficient (Wildman–Crippen LogP) is 1.80. The van der Waals surface area contributed by atoms with Crippen molar-refractivity contribution in [2.24, 2.45) is 5.41 Å². The van der Waals surface area contributed by atoms with Crippen molar-refractivity contribution < 1.29 is 4.79 Å². The van der Waals surface area contributed by atoms with E-state index in [-0.39, 0.29) is 11.3 Å². The van der Waals surface area contributed by atoms with Crippen LogP contribution in [0.5, 0.6) is 0 Å². The molecule has 1 fully saturated rings. The van der Waals surface area contributed by atoms with Gasteiger partial charge in [-0.1, -0.05) is 13.0 Å². The number of hydrogen-bond acceptors (Lipinski definition) is 3. The van der Waals surface area contributed by atoms with E-state index in [1.54, 1.807) is 11.3 Å². The third kappa shape index (κ3) is 3.82. The zero-order chi connectivity index (χ0) is 12.1. The number of hydrogen-bond donors (Lipinski definition) is 2. The average molecular weight is 252 g/mol. The molecule has 0 spiro atoms. The van der Waals surface area contributed by atoms with Gasteiger partial charge in [0.2, 0.25) is 5.91 Å². The summed E-state index contributed by atoms with van der Waals surface area (Å²) < 4.78 is 0. The van der Waals surface area contributed by atoms with Gasteiger partial charge in [0.25, 0.3) is 0 Å². The van der Waals surface area contributed by atoms with Crippen LogP contribution in [0.4, 0.5) is 0 Å². The standard InChI is InChI=1S/C13H20N2OS/c1-13(4-6-14-7-5-13)10-15-12(16)9-11-3-2-8-17-11/h2-3,8,14H,4-7,9-10H2,1H3,(H,15,16). The lowest BCUT2D eigenvalue weighted by Crippen LogP contribution is -2.43. The Labute approximate surface area is 107 Å². The zero-order valence-corrected chi connectivity index (χ0v) is 11.1. The van der Waals surface area contributed by atoms with Crippen molar-refractivity contribution in [3.05, 3.63) is 22.4 Å². The van der Waals surface area contributed by atoms with Crippen LogP contribution < -0.4 is 10.6 Å². The fourth-order valence-corrected chi connectivity index (χ4v) is 2.86. The molecule has 3 nitrogen and oxygen atoms in total. The van der Waals surface area contributed by atoms with Gasteiger partial charge in [0.05, 0.1) is 6.42 Å². The Bertz CT molecular complexity index is 356. The minimum atomic E-state index is 0.146. The highest BCUT2D eigenvalue weighted by molar-refractivity contribution is 7.10. The lowest BCUT2D eigenvalue weighted by atomic mass is 9.81. The van der Waals surface area contributed by atoms with Gasteiger partial charge in [0.15, 0.2) is 0 Å². The van der Waals surface area contributed by atoms with E-state index in [0.29, 0.717) is 6.42 Å². The first-order chi connectivity index (χ1) is 8.18. The molecule has 0 bridgehead atoms. The van der Waals surface area contributed by atoms with E-state index < -0.39 is 0 Å². The highest BCUT2D eigenvalue weighted by Gasteiger charge is 2.26. The number of thiophene rings is 1. The molecule has 1 amide bonds. The van der Waals surface area contributed by atoms with Gasteiger partial charge < -0.3 is 10.6 Å². The van der Waals surface area contributed by atoms with E-state index in [4.69, 9.17) is 0 Å². The summed E-state index contributed by atoms with van der Waals surface area (Å²) >= 11 is 1.64. The summed E-state index contributed by atoms with van der Waals surface area (Å²) in [5, 5.41) is 8.43. The summed E-state index contributed by atoms with van der Waals surface area (Å²) in [5.74, 6) is 0.146. The van der Waals surface area contributed by atoms with Crippen LogP contribution in [-0.2, 0) is 11.2 Å². The van der Waals surface area contributed by atoms with Crippen LogP contribution in [0.15, 0.2) is 17.5 Å². The molecule has 0 unspecified atom stereocenters. The van der Waals surface area contributed by atoms with Gasteiger partial charge in [-0.2, -0.15) is 0 Å². The van der Waals surface area contributed by atoms with Gasteiger partial charge in [0.1, 0.15) is 0 Å². The Morgan fingerprint density at radius 2 is 2.29 bits per heavy atom. The molecule has 0 atom stereocenters. The lowest BCUT2D eigenvalue weighted by Gasteiger charge is -2.34. The zero-order valence-electron chi connectivity index (χ0n) is 10.3. The van der Waals surface area contributed by atoms with E-state index >= 15 is 0 Å². The molecule has 0 saturated carbocycles. The Balaban J connectivity index is 1.75. The average Bonchev–Trinajstić information content (AvgIpc) is 2.80. The van der Waals surface area contributed by atoms with E-state index in [0.717, 1.165) is 37.4 Å². The summed E-state index contributed by atoms with van der Waals surface area (Å²) in [6, 6.07) is 4.00. The Morgan fingerprint density at radius 1 is 1.53 bits per heavy atom. The molecular weight excluding hydrogens is 232 g/mol. The van der Waals surface area contributed by atoms with Gasteiger partial charge in [-0.05, 0) is 42.8 Å². The maximum atomic E-state index is 11.8. The highest BCUT2D eigenvalue weighted by Crippen LogP contribution is 2.26. The van der Waals surface area contributed by atoms with Crippen LogP contribution in [-0.4, -0.2) is 25.5 Å². The Hall–Kier alpha value is -0.870. The van der Waals surface area contributed by atoms with E-state index in [1.807, 2.05) is 17.5 Å². The third-order valence-electron chi connectivity index (χ3n) is 3.44. The van der Waals surface area contributed by atoms with Gasteiger partial charge in [-0.3, -0.25) is 4.79 Å².